The minimum atomic E-state index is -0.0975. The third-order valence-electron chi connectivity index (χ3n) is 8.15. The van der Waals surface area contributed by atoms with Crippen LogP contribution in [0.2, 0.25) is 10.0 Å². The van der Waals surface area contributed by atoms with Crippen LogP contribution in [0, 0.1) is 0 Å². The Kier molecular flexibility index (Phi) is 8.00. The summed E-state index contributed by atoms with van der Waals surface area (Å²) in [6, 6.07) is 16.4. The maximum atomic E-state index is 13.3. The average molecular weight is 516 g/mol. The number of amides is 1. The van der Waals surface area contributed by atoms with Crippen LogP contribution in [0.3, 0.4) is 0 Å². The van der Waals surface area contributed by atoms with Crippen molar-refractivity contribution < 1.29 is 4.79 Å². The van der Waals surface area contributed by atoms with E-state index in [2.05, 4.69) is 21.2 Å². The lowest BCUT2D eigenvalue weighted by Crippen LogP contribution is -2.62. The number of piperazine rings is 1. The Morgan fingerprint density at radius 3 is 2.51 bits per heavy atom. The minimum absolute atomic E-state index is 0.0975. The van der Waals surface area contributed by atoms with Crippen molar-refractivity contribution in [1.82, 2.24) is 20.0 Å². The zero-order valence-electron chi connectivity index (χ0n) is 20.4. The van der Waals surface area contributed by atoms with E-state index in [4.69, 9.17) is 23.2 Å². The Bertz CT molecular complexity index is 1010. The first-order valence-electron chi connectivity index (χ1n) is 13.0. The summed E-state index contributed by atoms with van der Waals surface area (Å²) in [5.74, 6) is 0.122. The van der Waals surface area contributed by atoms with Gasteiger partial charge in [-0.25, -0.2) is 0 Å². The summed E-state index contributed by atoms with van der Waals surface area (Å²) in [6.07, 6.45) is 4.21. The molecular formula is C28H36Cl2N4O. The van der Waals surface area contributed by atoms with Crippen LogP contribution in [-0.2, 0) is 5.41 Å². The van der Waals surface area contributed by atoms with Crippen LogP contribution < -0.4 is 5.32 Å². The highest BCUT2D eigenvalue weighted by Crippen LogP contribution is 2.41. The number of hydrogen-bond acceptors (Lipinski definition) is 4. The highest BCUT2D eigenvalue weighted by Gasteiger charge is 2.39. The van der Waals surface area contributed by atoms with Crippen LogP contribution in [-0.4, -0.2) is 85.6 Å². The summed E-state index contributed by atoms with van der Waals surface area (Å²) in [6.45, 7) is 9.56. The molecule has 5 rings (SSSR count). The lowest BCUT2D eigenvalue weighted by molar-refractivity contribution is 0.0240. The molecule has 2 aromatic rings. The Morgan fingerprint density at radius 1 is 1.00 bits per heavy atom. The van der Waals surface area contributed by atoms with Gasteiger partial charge in [-0.3, -0.25) is 9.69 Å². The average Bonchev–Trinajstić information content (AvgIpc) is 2.87. The van der Waals surface area contributed by atoms with Crippen molar-refractivity contribution in [2.24, 2.45) is 0 Å². The highest BCUT2D eigenvalue weighted by atomic mass is 35.5. The van der Waals surface area contributed by atoms with E-state index in [0.717, 1.165) is 70.0 Å². The Hall–Kier alpha value is -1.63. The zero-order chi connectivity index (χ0) is 24.3. The lowest BCUT2D eigenvalue weighted by atomic mass is 9.70. The van der Waals surface area contributed by atoms with E-state index >= 15 is 0 Å². The standard InChI is InChI=1S/C28H36Cl2N4O/c29-25-9-8-23(18-26(25)30)28(10-4-14-32-19-24(20-32)33-16-12-31-13-17-33)11-5-15-34(21-28)27(35)22-6-2-1-3-7-22/h1-3,6-9,18,24,31H,4-5,10-17,19-21H2/t28-/m0/s1. The maximum absolute atomic E-state index is 13.3. The second-order valence-corrected chi connectivity index (χ2v) is 11.2. The van der Waals surface area contributed by atoms with Crippen LogP contribution >= 0.6 is 23.2 Å². The van der Waals surface area contributed by atoms with E-state index < -0.39 is 0 Å². The number of hydrogen-bond donors (Lipinski definition) is 1. The molecule has 0 spiro atoms. The monoisotopic (exact) mass is 514 g/mol. The first-order valence-corrected chi connectivity index (χ1v) is 13.8. The van der Waals surface area contributed by atoms with Gasteiger partial charge in [0.05, 0.1) is 10.0 Å². The molecule has 3 fully saturated rings. The number of nitrogens with zero attached hydrogens (tertiary/aromatic N) is 3. The third kappa shape index (κ3) is 5.70. The minimum Gasteiger partial charge on any atom is -0.338 e. The molecule has 0 aliphatic carbocycles. The molecule has 3 saturated heterocycles. The van der Waals surface area contributed by atoms with Crippen LogP contribution in [0.15, 0.2) is 48.5 Å². The molecule has 3 heterocycles. The smallest absolute Gasteiger partial charge is 0.253 e. The lowest BCUT2D eigenvalue weighted by Gasteiger charge is -2.48. The summed E-state index contributed by atoms with van der Waals surface area (Å²) < 4.78 is 0. The van der Waals surface area contributed by atoms with E-state index in [-0.39, 0.29) is 11.3 Å². The van der Waals surface area contributed by atoms with E-state index in [1.165, 1.54) is 31.7 Å². The molecule has 0 saturated carbocycles. The third-order valence-corrected chi connectivity index (χ3v) is 8.89. The SMILES string of the molecule is O=C(c1ccccc1)N1CCC[C@](CCCN2CC(N3CCNCC3)C2)(c2ccc(Cl)c(Cl)c2)C1. The molecule has 1 N–H and O–H groups in total. The fourth-order valence-corrected chi connectivity index (χ4v) is 6.42. The molecule has 3 aliphatic rings. The van der Waals surface area contributed by atoms with Gasteiger partial charge in [-0.1, -0.05) is 47.5 Å². The van der Waals surface area contributed by atoms with Crippen molar-refractivity contribution in [1.29, 1.82) is 0 Å². The second kappa shape index (κ2) is 11.2. The van der Waals surface area contributed by atoms with E-state index in [1.807, 2.05) is 47.4 Å². The number of carbonyl (C=O) groups excluding carboxylic acids is 1. The highest BCUT2D eigenvalue weighted by molar-refractivity contribution is 6.42. The first-order chi connectivity index (χ1) is 17.0. The molecule has 188 valence electrons. The van der Waals surface area contributed by atoms with Crippen molar-refractivity contribution >= 4 is 29.1 Å². The van der Waals surface area contributed by atoms with Gasteiger partial charge in [0.25, 0.3) is 5.91 Å². The van der Waals surface area contributed by atoms with E-state index in [0.29, 0.717) is 10.0 Å². The number of likely N-dealkylation sites (tertiary alicyclic amines) is 2. The molecule has 7 heteroatoms. The molecular weight excluding hydrogens is 479 g/mol. The van der Waals surface area contributed by atoms with E-state index in [9.17, 15) is 4.79 Å². The molecule has 1 amide bonds. The first kappa shape index (κ1) is 25.0. The molecule has 1 atom stereocenters. The van der Waals surface area contributed by atoms with Crippen molar-refractivity contribution in [2.75, 3.05) is 58.9 Å². The molecule has 35 heavy (non-hydrogen) atoms. The van der Waals surface area contributed by atoms with Crippen molar-refractivity contribution in [3.63, 3.8) is 0 Å². The molecule has 0 aromatic heterocycles. The van der Waals surface area contributed by atoms with Gasteiger partial charge >= 0.3 is 0 Å². The number of rotatable bonds is 7. The molecule has 0 unspecified atom stereocenters. The summed E-state index contributed by atoms with van der Waals surface area (Å²) in [4.78, 5) is 20.6. The Morgan fingerprint density at radius 2 is 1.77 bits per heavy atom. The second-order valence-electron chi connectivity index (χ2n) is 10.4. The van der Waals surface area contributed by atoms with Crippen LogP contribution in [0.1, 0.15) is 41.6 Å². The van der Waals surface area contributed by atoms with E-state index in [1.54, 1.807) is 0 Å². The summed E-state index contributed by atoms with van der Waals surface area (Å²) >= 11 is 12.7. The fourth-order valence-electron chi connectivity index (χ4n) is 6.12. The Balaban J connectivity index is 1.26. The summed E-state index contributed by atoms with van der Waals surface area (Å²) in [5.41, 5.74) is 1.87. The number of nitrogens with one attached hydrogen (secondary N) is 1. The summed E-state index contributed by atoms with van der Waals surface area (Å²) in [7, 11) is 0. The number of piperidine rings is 1. The number of halogens is 2. The van der Waals surface area contributed by atoms with Gasteiger partial charge in [-0.2, -0.15) is 0 Å². The molecule has 5 nitrogen and oxygen atoms in total. The normalized spacial score (nSPS) is 24.3. The fraction of sp³-hybridized carbons (Fsp3) is 0.536. The molecule has 0 radical (unpaired) electrons. The predicted molar refractivity (Wildman–Crippen MR) is 144 cm³/mol. The van der Waals surface area contributed by atoms with Crippen LogP contribution in [0.25, 0.3) is 0 Å². The van der Waals surface area contributed by atoms with Gasteiger partial charge in [0.15, 0.2) is 0 Å². The quantitative estimate of drug-likeness (QED) is 0.588. The molecule has 2 aromatic carbocycles. The van der Waals surface area contributed by atoms with Crippen molar-refractivity contribution in [2.45, 2.75) is 37.1 Å². The van der Waals surface area contributed by atoms with Gasteiger partial charge < -0.3 is 15.1 Å². The van der Waals surface area contributed by atoms with Gasteiger partial charge in [-0.15, -0.1) is 0 Å². The van der Waals surface area contributed by atoms with Gasteiger partial charge in [-0.05, 0) is 62.1 Å². The van der Waals surface area contributed by atoms with Crippen molar-refractivity contribution in [3.8, 4) is 0 Å². The zero-order valence-corrected chi connectivity index (χ0v) is 21.9. The Labute approximate surface area is 219 Å². The van der Waals surface area contributed by atoms with Gasteiger partial charge in [0, 0.05) is 69.4 Å². The molecule has 3 aliphatic heterocycles. The largest absolute Gasteiger partial charge is 0.338 e. The predicted octanol–water partition coefficient (Wildman–Crippen LogP) is 4.54. The summed E-state index contributed by atoms with van der Waals surface area (Å²) in [5, 5.41) is 4.62. The van der Waals surface area contributed by atoms with Crippen molar-refractivity contribution in [3.05, 3.63) is 69.7 Å². The van der Waals surface area contributed by atoms with Gasteiger partial charge in [0.1, 0.15) is 0 Å². The van der Waals surface area contributed by atoms with Crippen LogP contribution in [0.4, 0.5) is 0 Å². The molecule has 0 bridgehead atoms. The topological polar surface area (TPSA) is 38.8 Å². The number of benzene rings is 2. The maximum Gasteiger partial charge on any atom is 0.253 e. The van der Waals surface area contributed by atoms with Crippen LogP contribution in [0.5, 0.6) is 0 Å². The number of carbonyl (C=O) groups is 1. The van der Waals surface area contributed by atoms with Gasteiger partial charge in [0.2, 0.25) is 0 Å².